The maximum atomic E-state index is 14.2. The van der Waals surface area contributed by atoms with Crippen LogP contribution in [0.2, 0.25) is 5.02 Å². The van der Waals surface area contributed by atoms with Crippen LogP contribution in [0.3, 0.4) is 0 Å². The summed E-state index contributed by atoms with van der Waals surface area (Å²) in [5, 5.41) is 7.67. The Balaban J connectivity index is 1.45. The summed E-state index contributed by atoms with van der Waals surface area (Å²) < 4.78 is 27.2. The van der Waals surface area contributed by atoms with Gasteiger partial charge in [0, 0.05) is 22.2 Å². The van der Waals surface area contributed by atoms with Crippen LogP contribution in [0.4, 0.5) is 10.1 Å². The summed E-state index contributed by atoms with van der Waals surface area (Å²) in [6.45, 7) is 4.08. The minimum absolute atomic E-state index is 0.156. The molecule has 0 aliphatic carbocycles. The van der Waals surface area contributed by atoms with Gasteiger partial charge in [-0.3, -0.25) is 9.48 Å². The number of carbonyl (C=O) groups is 1. The first-order valence-corrected chi connectivity index (χ1v) is 12.0. The van der Waals surface area contributed by atoms with Crippen molar-refractivity contribution in [2.24, 2.45) is 0 Å². The zero-order valence-electron chi connectivity index (χ0n) is 20.8. The van der Waals surface area contributed by atoms with E-state index < -0.39 is 5.82 Å². The predicted octanol–water partition coefficient (Wildman–Crippen LogP) is 6.58. The number of aromatic nitrogens is 2. The van der Waals surface area contributed by atoms with Crippen molar-refractivity contribution < 1.29 is 18.7 Å². The van der Waals surface area contributed by atoms with Crippen LogP contribution in [0.15, 0.2) is 72.8 Å². The molecule has 0 fully saturated rings. The molecule has 1 aromatic heterocycles. The number of nitrogens with one attached hydrogen (secondary N) is 1. The van der Waals surface area contributed by atoms with Crippen LogP contribution in [0.1, 0.15) is 28.1 Å². The molecule has 6 nitrogen and oxygen atoms in total. The molecule has 0 saturated carbocycles. The third-order valence-corrected chi connectivity index (χ3v) is 6.22. The van der Waals surface area contributed by atoms with E-state index in [4.69, 9.17) is 21.1 Å². The third kappa shape index (κ3) is 6.37. The summed E-state index contributed by atoms with van der Waals surface area (Å²) in [4.78, 5) is 12.7. The molecule has 0 aliphatic rings. The fourth-order valence-corrected chi connectivity index (χ4v) is 4.12. The van der Waals surface area contributed by atoms with Crippen molar-refractivity contribution in [2.75, 3.05) is 12.4 Å². The van der Waals surface area contributed by atoms with Gasteiger partial charge in [-0.1, -0.05) is 41.9 Å². The Labute approximate surface area is 220 Å². The van der Waals surface area contributed by atoms with Crippen molar-refractivity contribution in [1.82, 2.24) is 9.78 Å². The minimum Gasteiger partial charge on any atom is -0.496 e. The van der Waals surface area contributed by atoms with Gasteiger partial charge in [0.2, 0.25) is 5.91 Å². The van der Waals surface area contributed by atoms with Gasteiger partial charge in [0.25, 0.3) is 0 Å². The van der Waals surface area contributed by atoms with Crippen LogP contribution >= 0.6 is 11.6 Å². The molecule has 0 aliphatic heterocycles. The number of hydrogen-bond donors (Lipinski definition) is 1. The molecule has 1 N–H and O–H groups in total. The Morgan fingerprint density at radius 1 is 1.11 bits per heavy atom. The molecule has 37 heavy (non-hydrogen) atoms. The number of methoxy groups -OCH3 is 1. The first kappa shape index (κ1) is 26.0. The standard InChI is InChI=1S/C29H27ClFN3O3/c1-19-29(20(2)34(33-19)17-24-25(30)10-7-11-26(24)31)32-28(35)15-13-21-12-14-27(36-3)22(16-21)18-37-23-8-5-4-6-9-23/h4-16H,17-18H2,1-3H3,(H,32,35)/b15-13+. The highest BCUT2D eigenvalue weighted by Gasteiger charge is 2.16. The first-order valence-electron chi connectivity index (χ1n) is 11.7. The summed E-state index contributed by atoms with van der Waals surface area (Å²) in [5.74, 6) is 0.744. The Morgan fingerprint density at radius 3 is 2.62 bits per heavy atom. The number of halogens is 2. The topological polar surface area (TPSA) is 65.4 Å². The maximum absolute atomic E-state index is 14.2. The lowest BCUT2D eigenvalue weighted by Gasteiger charge is -2.11. The molecule has 8 heteroatoms. The average molecular weight is 520 g/mol. The van der Waals surface area contributed by atoms with Crippen molar-refractivity contribution in [3.8, 4) is 11.5 Å². The molecule has 0 radical (unpaired) electrons. The van der Waals surface area contributed by atoms with E-state index in [1.807, 2.05) is 55.5 Å². The van der Waals surface area contributed by atoms with Crippen molar-refractivity contribution in [3.63, 3.8) is 0 Å². The van der Waals surface area contributed by atoms with Crippen LogP contribution in [0.5, 0.6) is 11.5 Å². The van der Waals surface area contributed by atoms with Crippen LogP contribution in [0.25, 0.3) is 6.08 Å². The van der Waals surface area contributed by atoms with Crippen LogP contribution < -0.4 is 14.8 Å². The van der Waals surface area contributed by atoms with E-state index in [0.717, 1.165) is 16.9 Å². The molecular weight excluding hydrogens is 493 g/mol. The minimum atomic E-state index is -0.401. The van der Waals surface area contributed by atoms with Gasteiger partial charge in [-0.2, -0.15) is 5.10 Å². The number of para-hydroxylation sites is 1. The fraction of sp³-hybridized carbons (Fsp3) is 0.172. The quantitative estimate of drug-likeness (QED) is 0.254. The number of aryl methyl sites for hydroxylation is 1. The number of rotatable bonds is 9. The second kappa shape index (κ2) is 11.8. The molecular formula is C29H27ClFN3O3. The van der Waals surface area contributed by atoms with E-state index in [9.17, 15) is 9.18 Å². The molecule has 0 spiro atoms. The molecule has 0 unspecified atom stereocenters. The van der Waals surface area contributed by atoms with Gasteiger partial charge in [-0.15, -0.1) is 0 Å². The smallest absolute Gasteiger partial charge is 0.248 e. The van der Waals surface area contributed by atoms with E-state index in [0.29, 0.717) is 40.0 Å². The van der Waals surface area contributed by atoms with Gasteiger partial charge in [-0.25, -0.2) is 4.39 Å². The normalized spacial score (nSPS) is 11.1. The fourth-order valence-electron chi connectivity index (χ4n) is 3.89. The second-order valence-electron chi connectivity index (χ2n) is 8.40. The number of benzene rings is 3. The highest BCUT2D eigenvalue weighted by atomic mass is 35.5. The Kier molecular flexibility index (Phi) is 8.25. The zero-order valence-corrected chi connectivity index (χ0v) is 21.6. The molecule has 0 bridgehead atoms. The van der Waals surface area contributed by atoms with E-state index in [1.54, 1.807) is 36.9 Å². The number of ether oxygens (including phenoxy) is 2. The second-order valence-corrected chi connectivity index (χ2v) is 8.81. The lowest BCUT2D eigenvalue weighted by molar-refractivity contribution is -0.111. The number of carbonyl (C=O) groups excluding carboxylic acids is 1. The lowest BCUT2D eigenvalue weighted by Crippen LogP contribution is -2.10. The SMILES string of the molecule is COc1ccc(/C=C/C(=O)Nc2c(C)nn(Cc3c(F)cccc3Cl)c2C)cc1COc1ccccc1. The summed E-state index contributed by atoms with van der Waals surface area (Å²) >= 11 is 6.17. The van der Waals surface area contributed by atoms with Crippen LogP contribution in [-0.2, 0) is 17.9 Å². The van der Waals surface area contributed by atoms with Gasteiger partial charge in [-0.05, 0) is 61.9 Å². The van der Waals surface area contributed by atoms with Gasteiger partial charge in [0.1, 0.15) is 23.9 Å². The first-order chi connectivity index (χ1) is 17.9. The van der Waals surface area contributed by atoms with Gasteiger partial charge in [0.15, 0.2) is 0 Å². The van der Waals surface area contributed by atoms with E-state index in [1.165, 1.54) is 12.1 Å². The molecule has 0 atom stereocenters. The average Bonchev–Trinajstić information content (AvgIpc) is 3.16. The Morgan fingerprint density at radius 2 is 1.89 bits per heavy atom. The summed E-state index contributed by atoms with van der Waals surface area (Å²) in [6.07, 6.45) is 3.17. The van der Waals surface area contributed by atoms with E-state index >= 15 is 0 Å². The van der Waals surface area contributed by atoms with Gasteiger partial charge >= 0.3 is 0 Å². The summed E-state index contributed by atoms with van der Waals surface area (Å²) in [7, 11) is 1.61. The van der Waals surface area contributed by atoms with Crippen LogP contribution in [-0.4, -0.2) is 22.8 Å². The Bertz CT molecular complexity index is 1410. The monoisotopic (exact) mass is 519 g/mol. The molecule has 1 amide bonds. The van der Waals surface area contributed by atoms with Crippen molar-refractivity contribution in [3.05, 3.63) is 112 Å². The highest BCUT2D eigenvalue weighted by molar-refractivity contribution is 6.31. The molecule has 0 saturated heterocycles. The summed E-state index contributed by atoms with van der Waals surface area (Å²) in [5.41, 5.74) is 3.92. The molecule has 190 valence electrons. The van der Waals surface area contributed by atoms with E-state index in [2.05, 4.69) is 10.4 Å². The molecule has 3 aromatic carbocycles. The van der Waals surface area contributed by atoms with Gasteiger partial charge in [0.05, 0.1) is 30.7 Å². The number of nitrogens with zero attached hydrogens (tertiary/aromatic N) is 2. The number of amides is 1. The molecule has 4 aromatic rings. The lowest BCUT2D eigenvalue weighted by atomic mass is 10.1. The molecule has 4 rings (SSSR count). The van der Waals surface area contributed by atoms with Crippen molar-refractivity contribution in [1.29, 1.82) is 0 Å². The largest absolute Gasteiger partial charge is 0.496 e. The Hall–Kier alpha value is -4.10. The predicted molar refractivity (Wildman–Crippen MR) is 144 cm³/mol. The molecule has 1 heterocycles. The number of anilines is 1. The zero-order chi connectivity index (χ0) is 26.4. The van der Waals surface area contributed by atoms with Crippen molar-refractivity contribution >= 4 is 29.3 Å². The van der Waals surface area contributed by atoms with Crippen LogP contribution in [0, 0.1) is 19.7 Å². The third-order valence-electron chi connectivity index (χ3n) is 5.87. The number of hydrogen-bond acceptors (Lipinski definition) is 4. The summed E-state index contributed by atoms with van der Waals surface area (Å²) in [6, 6.07) is 19.7. The maximum Gasteiger partial charge on any atom is 0.248 e. The van der Waals surface area contributed by atoms with E-state index in [-0.39, 0.29) is 12.5 Å². The van der Waals surface area contributed by atoms with Crippen molar-refractivity contribution in [2.45, 2.75) is 27.0 Å². The highest BCUT2D eigenvalue weighted by Crippen LogP contribution is 2.25. The van der Waals surface area contributed by atoms with Gasteiger partial charge < -0.3 is 14.8 Å².